The molecule has 0 atom stereocenters. The Balaban J connectivity index is 2.16. The largest absolute Gasteiger partial charge is 0.308 e. The summed E-state index contributed by atoms with van der Waals surface area (Å²) in [5.74, 6) is -0.0252. The molecule has 0 aromatic heterocycles. The fraction of sp³-hybridized carbons (Fsp3) is 0.235. The van der Waals surface area contributed by atoms with Gasteiger partial charge in [-0.15, -0.1) is 0 Å². The number of nitrogens with zero attached hydrogens (tertiary/aromatic N) is 1. The molecule has 0 radical (unpaired) electrons. The SMILES string of the molecule is C=CS(=O)(=O)Nc1ccc2c3c(cccc13)C(=O)N2CCCC. The predicted molar refractivity (Wildman–Crippen MR) is 93.3 cm³/mol. The van der Waals surface area contributed by atoms with E-state index < -0.39 is 10.0 Å². The third kappa shape index (κ3) is 2.59. The number of sulfonamides is 1. The van der Waals surface area contributed by atoms with Crippen LogP contribution in [0.2, 0.25) is 0 Å². The number of nitrogens with one attached hydrogen (secondary N) is 1. The molecule has 5 nitrogen and oxygen atoms in total. The first-order chi connectivity index (χ1) is 11.0. The Labute approximate surface area is 135 Å². The molecule has 0 aliphatic carbocycles. The van der Waals surface area contributed by atoms with Gasteiger partial charge in [0.05, 0.1) is 11.4 Å². The molecule has 1 aliphatic rings. The van der Waals surface area contributed by atoms with Crippen LogP contribution in [-0.2, 0) is 10.0 Å². The zero-order valence-corrected chi connectivity index (χ0v) is 13.7. The molecule has 0 saturated carbocycles. The number of hydrogen-bond donors (Lipinski definition) is 1. The molecule has 2 aromatic rings. The zero-order valence-electron chi connectivity index (χ0n) is 12.9. The topological polar surface area (TPSA) is 66.5 Å². The maximum absolute atomic E-state index is 12.6. The van der Waals surface area contributed by atoms with Gasteiger partial charge in [-0.2, -0.15) is 0 Å². The van der Waals surface area contributed by atoms with Crippen molar-refractivity contribution in [3.63, 3.8) is 0 Å². The smallest absolute Gasteiger partial charge is 0.258 e. The summed E-state index contributed by atoms with van der Waals surface area (Å²) in [6.45, 7) is 6.04. The van der Waals surface area contributed by atoms with Crippen molar-refractivity contribution in [3.8, 4) is 0 Å². The van der Waals surface area contributed by atoms with Gasteiger partial charge in [-0.3, -0.25) is 9.52 Å². The summed E-state index contributed by atoms with van der Waals surface area (Å²) in [6, 6.07) is 8.87. The molecule has 0 fully saturated rings. The number of benzene rings is 2. The van der Waals surface area contributed by atoms with Gasteiger partial charge in [0.15, 0.2) is 0 Å². The van der Waals surface area contributed by atoms with E-state index in [0.29, 0.717) is 17.8 Å². The Morgan fingerprint density at radius 2 is 2.04 bits per heavy atom. The molecule has 0 bridgehead atoms. The highest BCUT2D eigenvalue weighted by Gasteiger charge is 2.30. The Kier molecular flexibility index (Phi) is 3.85. The molecule has 1 aliphatic heterocycles. The van der Waals surface area contributed by atoms with E-state index >= 15 is 0 Å². The minimum absolute atomic E-state index is 0.0252. The van der Waals surface area contributed by atoms with Gasteiger partial charge in [-0.1, -0.05) is 32.1 Å². The summed E-state index contributed by atoms with van der Waals surface area (Å²) >= 11 is 0. The number of carbonyl (C=O) groups is 1. The van der Waals surface area contributed by atoms with Crippen molar-refractivity contribution in [1.29, 1.82) is 0 Å². The Morgan fingerprint density at radius 1 is 1.26 bits per heavy atom. The van der Waals surface area contributed by atoms with E-state index in [-0.39, 0.29) is 5.91 Å². The van der Waals surface area contributed by atoms with Crippen molar-refractivity contribution in [2.75, 3.05) is 16.2 Å². The third-order valence-corrected chi connectivity index (χ3v) is 4.94. The van der Waals surface area contributed by atoms with Crippen molar-refractivity contribution in [2.45, 2.75) is 19.8 Å². The average Bonchev–Trinajstić information content (AvgIpc) is 2.82. The Hall–Kier alpha value is -2.34. The lowest BCUT2D eigenvalue weighted by atomic mass is 10.0. The van der Waals surface area contributed by atoms with Gasteiger partial charge in [0, 0.05) is 28.3 Å². The van der Waals surface area contributed by atoms with E-state index in [1.807, 2.05) is 6.07 Å². The Bertz CT molecular complexity index is 903. The molecule has 0 spiro atoms. The lowest BCUT2D eigenvalue weighted by Gasteiger charge is -2.17. The summed E-state index contributed by atoms with van der Waals surface area (Å²) in [4.78, 5) is 14.4. The third-order valence-electron chi connectivity index (χ3n) is 3.99. The molecule has 0 unspecified atom stereocenters. The summed E-state index contributed by atoms with van der Waals surface area (Å²) in [5.41, 5.74) is 1.92. The fourth-order valence-corrected chi connectivity index (χ4v) is 3.44. The van der Waals surface area contributed by atoms with Crippen LogP contribution < -0.4 is 9.62 Å². The molecule has 6 heteroatoms. The maximum atomic E-state index is 12.6. The number of hydrogen-bond acceptors (Lipinski definition) is 3. The van der Waals surface area contributed by atoms with E-state index in [9.17, 15) is 13.2 Å². The average molecular weight is 330 g/mol. The van der Waals surface area contributed by atoms with Gasteiger partial charge in [-0.25, -0.2) is 8.42 Å². The van der Waals surface area contributed by atoms with Crippen molar-refractivity contribution in [2.24, 2.45) is 0 Å². The number of rotatable bonds is 6. The summed E-state index contributed by atoms with van der Waals surface area (Å²) in [6.07, 6.45) is 1.92. The highest BCUT2D eigenvalue weighted by Crippen LogP contribution is 2.40. The predicted octanol–water partition coefficient (Wildman–Crippen LogP) is 3.49. The van der Waals surface area contributed by atoms with E-state index in [4.69, 9.17) is 0 Å². The van der Waals surface area contributed by atoms with Crippen molar-refractivity contribution >= 4 is 38.1 Å². The van der Waals surface area contributed by atoms with Gasteiger partial charge in [-0.05, 0) is 24.6 Å². The second-order valence-corrected chi connectivity index (χ2v) is 7.11. The van der Waals surface area contributed by atoms with Crippen molar-refractivity contribution < 1.29 is 13.2 Å². The normalized spacial score (nSPS) is 13.6. The van der Waals surface area contributed by atoms with Crippen LogP contribution in [-0.4, -0.2) is 20.9 Å². The van der Waals surface area contributed by atoms with E-state index in [1.54, 1.807) is 29.2 Å². The molecule has 120 valence electrons. The molecular formula is C17H18N2O3S. The van der Waals surface area contributed by atoms with E-state index in [1.165, 1.54) is 0 Å². The number of carbonyl (C=O) groups excluding carboxylic acids is 1. The van der Waals surface area contributed by atoms with Gasteiger partial charge in [0.1, 0.15) is 0 Å². The monoisotopic (exact) mass is 330 g/mol. The van der Waals surface area contributed by atoms with Gasteiger partial charge < -0.3 is 4.90 Å². The summed E-state index contributed by atoms with van der Waals surface area (Å²) in [7, 11) is -3.60. The maximum Gasteiger partial charge on any atom is 0.258 e. The second kappa shape index (κ2) is 5.70. The molecule has 0 saturated heterocycles. The molecule has 23 heavy (non-hydrogen) atoms. The molecule has 3 rings (SSSR count). The molecule has 1 N–H and O–H groups in total. The summed E-state index contributed by atoms with van der Waals surface area (Å²) in [5, 5.41) is 2.39. The molecular weight excluding hydrogens is 312 g/mol. The van der Waals surface area contributed by atoms with Gasteiger partial charge >= 0.3 is 0 Å². The van der Waals surface area contributed by atoms with Gasteiger partial charge in [0.25, 0.3) is 15.9 Å². The minimum Gasteiger partial charge on any atom is -0.308 e. The molecule has 1 heterocycles. The zero-order chi connectivity index (χ0) is 16.6. The van der Waals surface area contributed by atoms with Crippen LogP contribution in [0.4, 0.5) is 11.4 Å². The first-order valence-corrected chi connectivity index (χ1v) is 9.06. The van der Waals surface area contributed by atoms with Crippen LogP contribution in [0.3, 0.4) is 0 Å². The van der Waals surface area contributed by atoms with Crippen molar-refractivity contribution in [1.82, 2.24) is 0 Å². The van der Waals surface area contributed by atoms with Crippen molar-refractivity contribution in [3.05, 3.63) is 47.9 Å². The first-order valence-electron chi connectivity index (χ1n) is 7.51. The number of unbranched alkanes of at least 4 members (excludes halogenated alkanes) is 1. The first kappa shape index (κ1) is 15.6. The van der Waals surface area contributed by atoms with Crippen LogP contribution in [0.15, 0.2) is 42.3 Å². The molecule has 2 aromatic carbocycles. The Morgan fingerprint density at radius 3 is 2.74 bits per heavy atom. The van der Waals surface area contributed by atoms with Crippen LogP contribution in [0.1, 0.15) is 30.1 Å². The lowest BCUT2D eigenvalue weighted by molar-refractivity contribution is 0.0993. The van der Waals surface area contributed by atoms with Crippen LogP contribution in [0, 0.1) is 0 Å². The van der Waals surface area contributed by atoms with E-state index in [0.717, 1.165) is 34.7 Å². The van der Waals surface area contributed by atoms with Crippen LogP contribution in [0.5, 0.6) is 0 Å². The highest BCUT2D eigenvalue weighted by molar-refractivity contribution is 7.95. The minimum atomic E-state index is -3.60. The quantitative estimate of drug-likeness (QED) is 0.881. The summed E-state index contributed by atoms with van der Waals surface area (Å²) < 4.78 is 26.0. The van der Waals surface area contributed by atoms with Crippen LogP contribution in [0.25, 0.3) is 10.8 Å². The number of amides is 1. The standard InChI is InChI=1S/C17H18N2O3S/c1-3-5-11-19-15-10-9-14(18-23(21,22)4-2)12-7-6-8-13(16(12)15)17(19)20/h4,6-10,18H,2-3,5,11H2,1H3. The second-order valence-electron chi connectivity index (χ2n) is 5.48. The molecule has 1 amide bonds. The lowest BCUT2D eigenvalue weighted by Crippen LogP contribution is -2.27. The number of anilines is 2. The fourth-order valence-electron chi connectivity index (χ4n) is 2.87. The van der Waals surface area contributed by atoms with E-state index in [2.05, 4.69) is 18.2 Å². The van der Waals surface area contributed by atoms with Gasteiger partial charge in [0.2, 0.25) is 0 Å². The highest BCUT2D eigenvalue weighted by atomic mass is 32.2. The van der Waals surface area contributed by atoms with Crippen LogP contribution >= 0.6 is 0 Å².